The predicted octanol–water partition coefficient (Wildman–Crippen LogP) is 1.46. The third-order valence-corrected chi connectivity index (χ3v) is 3.46. The molecule has 0 saturated carbocycles. The van der Waals surface area contributed by atoms with Crippen molar-refractivity contribution in [2.75, 3.05) is 0 Å². The number of thioether (sulfide) groups is 1. The summed E-state index contributed by atoms with van der Waals surface area (Å²) in [6.45, 7) is 5.69. The first-order valence-electron chi connectivity index (χ1n) is 6.29. The average molecular weight is 290 g/mol. The zero-order valence-corrected chi connectivity index (χ0v) is 12.3. The molecule has 0 heterocycles. The predicted molar refractivity (Wildman–Crippen MR) is 74.0 cm³/mol. The van der Waals surface area contributed by atoms with Gasteiger partial charge in [0, 0.05) is 17.6 Å². The van der Waals surface area contributed by atoms with E-state index in [0.29, 0.717) is 0 Å². The molecule has 3 N–H and O–H groups in total. The van der Waals surface area contributed by atoms with Crippen molar-refractivity contribution in [3.63, 3.8) is 0 Å². The van der Waals surface area contributed by atoms with Gasteiger partial charge in [-0.1, -0.05) is 26.8 Å². The largest absolute Gasteiger partial charge is 0.450 e. The molecule has 0 aliphatic heterocycles. The smallest absolute Gasteiger partial charge is 0.368 e. The minimum Gasteiger partial charge on any atom is -0.450 e. The molecule has 4 atom stereocenters. The van der Waals surface area contributed by atoms with Gasteiger partial charge in [0.2, 0.25) is 0 Å². The number of carbonyl (C=O) groups is 1. The lowest BCUT2D eigenvalue weighted by Crippen LogP contribution is -2.35. The van der Waals surface area contributed by atoms with Crippen LogP contribution in [0.3, 0.4) is 0 Å². The van der Waals surface area contributed by atoms with Crippen LogP contribution >= 0.6 is 11.8 Å². The number of hydrogen-bond acceptors (Lipinski definition) is 6. The monoisotopic (exact) mass is 290 g/mol. The zero-order chi connectivity index (χ0) is 14.6. The topological polar surface area (TPSA) is 87.0 Å². The molecule has 0 spiro atoms. The van der Waals surface area contributed by atoms with Gasteiger partial charge in [0.25, 0.3) is 0 Å². The normalized spacial score (nSPS) is 34.2. The fraction of sp³-hybridized carbons (Fsp3) is 0.769. The van der Waals surface area contributed by atoms with Crippen molar-refractivity contribution < 1.29 is 24.9 Å². The van der Waals surface area contributed by atoms with E-state index in [9.17, 15) is 20.1 Å². The van der Waals surface area contributed by atoms with E-state index in [1.165, 1.54) is 6.08 Å². The molecule has 6 heteroatoms. The summed E-state index contributed by atoms with van der Waals surface area (Å²) in [6.07, 6.45) is -0.275. The van der Waals surface area contributed by atoms with Gasteiger partial charge in [-0.2, -0.15) is 0 Å². The van der Waals surface area contributed by atoms with Gasteiger partial charge in [-0.3, -0.25) is 0 Å². The highest BCUT2D eigenvalue weighted by molar-refractivity contribution is 8.14. The summed E-state index contributed by atoms with van der Waals surface area (Å²) < 4.78 is 4.98. The quantitative estimate of drug-likeness (QED) is 0.500. The molecule has 0 saturated heterocycles. The highest BCUT2D eigenvalue weighted by Crippen LogP contribution is 2.27. The van der Waals surface area contributed by atoms with Crippen molar-refractivity contribution in [3.05, 3.63) is 12.2 Å². The zero-order valence-electron chi connectivity index (χ0n) is 11.4. The van der Waals surface area contributed by atoms with Crippen LogP contribution in [0.2, 0.25) is 0 Å². The van der Waals surface area contributed by atoms with E-state index in [1.54, 1.807) is 6.08 Å². The number of ether oxygens (including phenoxy) is 1. The molecule has 0 aromatic rings. The van der Waals surface area contributed by atoms with Crippen LogP contribution in [0.4, 0.5) is 4.79 Å². The number of carbonyl (C=O) groups excluding carboxylic acids is 1. The van der Waals surface area contributed by atoms with E-state index < -0.39 is 29.7 Å². The standard InChI is InChI=1S/C13H22O5S/c1-13(2,3)19-12(17)18-9-5-4-8(14)6-10(15)11(16)7-9/h4-5,8-11,14-16H,6-7H2,1-3H3/b5-4+. The lowest BCUT2D eigenvalue weighted by molar-refractivity contribution is -0.0267. The summed E-state index contributed by atoms with van der Waals surface area (Å²) in [4.78, 5) is 11.7. The maximum Gasteiger partial charge on any atom is 0.368 e. The first-order valence-corrected chi connectivity index (χ1v) is 7.11. The molecule has 5 nitrogen and oxygen atoms in total. The lowest BCUT2D eigenvalue weighted by Gasteiger charge is -2.26. The Labute approximate surface area is 117 Å². The molecule has 4 unspecified atom stereocenters. The molecule has 110 valence electrons. The first-order chi connectivity index (χ1) is 8.67. The van der Waals surface area contributed by atoms with Gasteiger partial charge in [0.15, 0.2) is 0 Å². The molecular weight excluding hydrogens is 268 g/mol. The highest BCUT2D eigenvalue weighted by atomic mass is 32.2. The first kappa shape index (κ1) is 16.5. The molecule has 0 radical (unpaired) electrons. The van der Waals surface area contributed by atoms with Gasteiger partial charge >= 0.3 is 5.30 Å². The van der Waals surface area contributed by atoms with Crippen molar-refractivity contribution in [2.24, 2.45) is 0 Å². The maximum atomic E-state index is 11.7. The van der Waals surface area contributed by atoms with E-state index in [1.807, 2.05) is 20.8 Å². The van der Waals surface area contributed by atoms with E-state index in [2.05, 4.69) is 0 Å². The minimum atomic E-state index is -1.02. The molecule has 1 rings (SSSR count). The third-order valence-electron chi connectivity index (χ3n) is 2.59. The van der Waals surface area contributed by atoms with Gasteiger partial charge in [-0.15, -0.1) is 0 Å². The Balaban J connectivity index is 2.63. The van der Waals surface area contributed by atoms with Gasteiger partial charge in [-0.25, -0.2) is 4.79 Å². The Bertz CT molecular complexity index is 336. The SMILES string of the molecule is CC(C)(C)SC(=O)OC1/C=C/C(O)CC(O)C(O)C1. The molecule has 1 aliphatic carbocycles. The Kier molecular flexibility index (Phi) is 5.85. The summed E-state index contributed by atoms with van der Waals surface area (Å²) in [6, 6.07) is 0. The number of aliphatic hydroxyl groups is 3. The fourth-order valence-corrected chi connectivity index (χ4v) is 2.37. The molecular formula is C13H22O5S. The second kappa shape index (κ2) is 6.74. The lowest BCUT2D eigenvalue weighted by atomic mass is 9.97. The van der Waals surface area contributed by atoms with E-state index in [0.717, 1.165) is 11.8 Å². The van der Waals surface area contributed by atoms with Gasteiger partial charge in [0.1, 0.15) is 6.10 Å². The molecule has 0 bridgehead atoms. The number of hydrogen-bond donors (Lipinski definition) is 3. The highest BCUT2D eigenvalue weighted by Gasteiger charge is 2.27. The van der Waals surface area contributed by atoms with E-state index in [-0.39, 0.29) is 17.6 Å². The van der Waals surface area contributed by atoms with E-state index >= 15 is 0 Å². The minimum absolute atomic E-state index is 0.0784. The van der Waals surface area contributed by atoms with Crippen LogP contribution in [0.1, 0.15) is 33.6 Å². The molecule has 1 aliphatic rings. The summed E-state index contributed by atoms with van der Waals surface area (Å²) in [5.41, 5.74) is 0. The summed E-state index contributed by atoms with van der Waals surface area (Å²) in [5.74, 6) is 0. The maximum absolute atomic E-state index is 11.7. The average Bonchev–Trinajstić information content (AvgIpc) is 2.21. The summed E-state index contributed by atoms with van der Waals surface area (Å²) in [7, 11) is 0. The molecule has 0 aromatic heterocycles. The van der Waals surface area contributed by atoms with Crippen molar-refractivity contribution in [1.29, 1.82) is 0 Å². The van der Waals surface area contributed by atoms with Gasteiger partial charge in [-0.05, 0) is 17.8 Å². The van der Waals surface area contributed by atoms with Crippen LogP contribution in [-0.2, 0) is 4.74 Å². The second-order valence-electron chi connectivity index (χ2n) is 5.68. The molecule has 19 heavy (non-hydrogen) atoms. The second-order valence-corrected chi connectivity index (χ2v) is 7.44. The Morgan fingerprint density at radius 3 is 2.32 bits per heavy atom. The van der Waals surface area contributed by atoms with Crippen LogP contribution in [0.15, 0.2) is 12.2 Å². The van der Waals surface area contributed by atoms with Crippen LogP contribution in [-0.4, -0.2) is 49.8 Å². The van der Waals surface area contributed by atoms with Crippen LogP contribution in [0.25, 0.3) is 0 Å². The molecule has 0 amide bonds. The Morgan fingerprint density at radius 2 is 1.74 bits per heavy atom. The molecule has 0 fully saturated rings. The van der Waals surface area contributed by atoms with Gasteiger partial charge in [0.05, 0.1) is 18.3 Å². The van der Waals surface area contributed by atoms with Crippen molar-refractivity contribution in [2.45, 2.75) is 62.8 Å². The van der Waals surface area contributed by atoms with Crippen molar-refractivity contribution >= 4 is 17.1 Å². The third kappa shape index (κ3) is 6.42. The molecule has 0 aromatic carbocycles. The van der Waals surface area contributed by atoms with Crippen LogP contribution in [0.5, 0.6) is 0 Å². The van der Waals surface area contributed by atoms with E-state index in [4.69, 9.17) is 4.74 Å². The number of rotatable bonds is 1. The van der Waals surface area contributed by atoms with Crippen molar-refractivity contribution in [3.8, 4) is 0 Å². The van der Waals surface area contributed by atoms with Crippen LogP contribution < -0.4 is 0 Å². The Hall–Kier alpha value is -0.560. The summed E-state index contributed by atoms with van der Waals surface area (Å²) in [5, 5.41) is 28.4. The van der Waals surface area contributed by atoms with Crippen molar-refractivity contribution in [1.82, 2.24) is 0 Å². The van der Waals surface area contributed by atoms with Crippen LogP contribution in [0, 0.1) is 0 Å². The fourth-order valence-electron chi connectivity index (χ4n) is 1.69. The van der Waals surface area contributed by atoms with Gasteiger partial charge < -0.3 is 20.1 Å². The summed E-state index contributed by atoms with van der Waals surface area (Å²) >= 11 is 1.06. The Morgan fingerprint density at radius 1 is 1.16 bits per heavy atom. The number of aliphatic hydroxyl groups excluding tert-OH is 3.